The quantitative estimate of drug-likeness (QED) is 0.387. The third-order valence-electron chi connectivity index (χ3n) is 4.42. The zero-order valence-electron chi connectivity index (χ0n) is 16.6. The van der Waals surface area contributed by atoms with Crippen LogP contribution in [0.25, 0.3) is 0 Å². The number of rotatable bonds is 8. The first-order chi connectivity index (χ1) is 14.4. The van der Waals surface area contributed by atoms with E-state index in [0.717, 1.165) is 27.8 Å². The SMILES string of the molecule is CCn1cc(Br)c(CNC(=O)c2cccc(COc3ccc(C)cc3[N+](=O)[O-])c2)n1. The molecule has 0 radical (unpaired) electrons. The maximum Gasteiger partial charge on any atom is 0.311 e. The summed E-state index contributed by atoms with van der Waals surface area (Å²) in [4.78, 5) is 23.3. The first kappa shape index (κ1) is 21.5. The zero-order chi connectivity index (χ0) is 21.7. The summed E-state index contributed by atoms with van der Waals surface area (Å²) in [7, 11) is 0. The molecule has 8 nitrogen and oxygen atoms in total. The van der Waals surface area contributed by atoms with Gasteiger partial charge in [0, 0.05) is 24.4 Å². The van der Waals surface area contributed by atoms with Gasteiger partial charge in [0.05, 0.1) is 21.6 Å². The van der Waals surface area contributed by atoms with Crippen molar-refractivity contribution >= 4 is 27.5 Å². The van der Waals surface area contributed by atoms with Crippen LogP contribution in [-0.4, -0.2) is 20.6 Å². The number of aryl methyl sites for hydroxylation is 2. The zero-order valence-corrected chi connectivity index (χ0v) is 18.2. The summed E-state index contributed by atoms with van der Waals surface area (Å²) in [6, 6.07) is 11.8. The molecule has 30 heavy (non-hydrogen) atoms. The highest BCUT2D eigenvalue weighted by Crippen LogP contribution is 2.28. The molecule has 156 valence electrons. The van der Waals surface area contributed by atoms with Gasteiger partial charge in [0.1, 0.15) is 6.61 Å². The van der Waals surface area contributed by atoms with Crippen LogP contribution >= 0.6 is 15.9 Å². The van der Waals surface area contributed by atoms with Crippen LogP contribution in [-0.2, 0) is 19.7 Å². The molecule has 3 rings (SSSR count). The predicted molar refractivity (Wildman–Crippen MR) is 115 cm³/mol. The predicted octanol–water partition coefficient (Wildman–Crippen LogP) is 4.39. The number of nitrogens with zero attached hydrogens (tertiary/aromatic N) is 3. The molecule has 0 atom stereocenters. The summed E-state index contributed by atoms with van der Waals surface area (Å²) in [5.41, 5.74) is 2.65. The largest absolute Gasteiger partial charge is 0.482 e. The highest BCUT2D eigenvalue weighted by Gasteiger charge is 2.16. The second kappa shape index (κ2) is 9.53. The van der Waals surface area contributed by atoms with E-state index in [4.69, 9.17) is 4.74 Å². The number of nitro groups is 1. The Bertz CT molecular complexity index is 1080. The van der Waals surface area contributed by atoms with Gasteiger partial charge in [-0.05, 0) is 59.1 Å². The van der Waals surface area contributed by atoms with Crippen LogP contribution in [0, 0.1) is 17.0 Å². The van der Waals surface area contributed by atoms with Gasteiger partial charge in [-0.3, -0.25) is 19.6 Å². The second-order valence-electron chi connectivity index (χ2n) is 6.68. The number of carbonyl (C=O) groups is 1. The van der Waals surface area contributed by atoms with Crippen molar-refractivity contribution in [2.24, 2.45) is 0 Å². The van der Waals surface area contributed by atoms with Crippen LogP contribution in [0.5, 0.6) is 5.75 Å². The van der Waals surface area contributed by atoms with Crippen molar-refractivity contribution in [3.8, 4) is 5.75 Å². The maximum atomic E-state index is 12.5. The Morgan fingerprint density at radius 3 is 2.80 bits per heavy atom. The molecule has 9 heteroatoms. The molecule has 0 aliphatic rings. The molecule has 2 aromatic carbocycles. The number of ether oxygens (including phenoxy) is 1. The van der Waals surface area contributed by atoms with Crippen molar-refractivity contribution in [2.75, 3.05) is 0 Å². The van der Waals surface area contributed by atoms with Crippen molar-refractivity contribution in [2.45, 2.75) is 33.5 Å². The molecule has 1 aromatic heterocycles. The Hall–Kier alpha value is -3.20. The molecular weight excluding hydrogens is 452 g/mol. The van der Waals surface area contributed by atoms with Crippen molar-refractivity contribution in [3.05, 3.63) is 85.6 Å². The molecule has 0 fully saturated rings. The highest BCUT2D eigenvalue weighted by molar-refractivity contribution is 9.10. The van der Waals surface area contributed by atoms with Gasteiger partial charge in [0.25, 0.3) is 5.91 Å². The van der Waals surface area contributed by atoms with E-state index >= 15 is 0 Å². The number of halogens is 1. The van der Waals surface area contributed by atoms with E-state index in [2.05, 4.69) is 26.3 Å². The van der Waals surface area contributed by atoms with E-state index in [1.165, 1.54) is 6.07 Å². The van der Waals surface area contributed by atoms with Crippen LogP contribution in [0.15, 0.2) is 53.1 Å². The summed E-state index contributed by atoms with van der Waals surface area (Å²) in [6.07, 6.45) is 1.86. The monoisotopic (exact) mass is 472 g/mol. The van der Waals surface area contributed by atoms with E-state index in [1.54, 1.807) is 48.0 Å². The van der Waals surface area contributed by atoms with E-state index in [9.17, 15) is 14.9 Å². The molecule has 0 bridgehead atoms. The van der Waals surface area contributed by atoms with E-state index in [0.29, 0.717) is 12.1 Å². The van der Waals surface area contributed by atoms with Gasteiger partial charge in [-0.1, -0.05) is 18.2 Å². The highest BCUT2D eigenvalue weighted by atomic mass is 79.9. The Morgan fingerprint density at radius 1 is 1.30 bits per heavy atom. The number of nitrogens with one attached hydrogen (secondary N) is 1. The van der Waals surface area contributed by atoms with Crippen LogP contribution in [0.4, 0.5) is 5.69 Å². The van der Waals surface area contributed by atoms with Gasteiger partial charge >= 0.3 is 5.69 Å². The molecule has 3 aromatic rings. The first-order valence-electron chi connectivity index (χ1n) is 9.34. The summed E-state index contributed by atoms with van der Waals surface area (Å²) in [5, 5.41) is 18.5. The third kappa shape index (κ3) is 5.24. The molecule has 1 N–H and O–H groups in total. The topological polar surface area (TPSA) is 99.3 Å². The minimum absolute atomic E-state index is 0.0824. The third-order valence-corrected chi connectivity index (χ3v) is 5.08. The molecule has 0 unspecified atom stereocenters. The Morgan fingerprint density at radius 2 is 2.10 bits per heavy atom. The summed E-state index contributed by atoms with van der Waals surface area (Å²) in [5.74, 6) is -0.0482. The number of nitro benzene ring substituents is 1. The van der Waals surface area contributed by atoms with Gasteiger partial charge in [-0.25, -0.2) is 0 Å². The van der Waals surface area contributed by atoms with Gasteiger partial charge in [-0.15, -0.1) is 0 Å². The number of carbonyl (C=O) groups excluding carboxylic acids is 1. The number of hydrogen-bond donors (Lipinski definition) is 1. The fraction of sp³-hybridized carbons (Fsp3) is 0.238. The molecule has 0 saturated heterocycles. The lowest BCUT2D eigenvalue weighted by molar-refractivity contribution is -0.386. The van der Waals surface area contributed by atoms with E-state index < -0.39 is 4.92 Å². The van der Waals surface area contributed by atoms with Crippen LogP contribution in [0.3, 0.4) is 0 Å². The first-order valence-corrected chi connectivity index (χ1v) is 10.1. The minimum atomic E-state index is -0.468. The Labute approximate surface area is 182 Å². The standard InChI is InChI=1S/C21H21BrN4O4/c1-3-25-12-17(22)18(24-25)11-23-21(27)16-6-4-5-15(10-16)13-30-20-8-7-14(2)9-19(20)26(28)29/h4-10,12H,3,11,13H2,1-2H3,(H,23,27). The van der Waals surface area contributed by atoms with Crippen molar-refractivity contribution in [1.82, 2.24) is 15.1 Å². The van der Waals surface area contributed by atoms with E-state index in [-0.39, 0.29) is 24.0 Å². The van der Waals surface area contributed by atoms with Gasteiger partial charge < -0.3 is 10.1 Å². The molecule has 0 saturated carbocycles. The van der Waals surface area contributed by atoms with Crippen LogP contribution in [0.2, 0.25) is 0 Å². The fourth-order valence-electron chi connectivity index (χ4n) is 2.84. The smallest absolute Gasteiger partial charge is 0.311 e. The lowest BCUT2D eigenvalue weighted by Crippen LogP contribution is -2.23. The van der Waals surface area contributed by atoms with Crippen molar-refractivity contribution < 1.29 is 14.5 Å². The minimum Gasteiger partial charge on any atom is -0.482 e. The molecule has 0 aliphatic heterocycles. The number of aromatic nitrogens is 2. The van der Waals surface area contributed by atoms with Crippen molar-refractivity contribution in [3.63, 3.8) is 0 Å². The molecule has 1 heterocycles. The molecular formula is C21H21BrN4O4. The maximum absolute atomic E-state index is 12.5. The van der Waals surface area contributed by atoms with Crippen molar-refractivity contribution in [1.29, 1.82) is 0 Å². The second-order valence-corrected chi connectivity index (χ2v) is 7.53. The Kier molecular flexibility index (Phi) is 6.83. The average molecular weight is 473 g/mol. The molecule has 0 aliphatic carbocycles. The van der Waals surface area contributed by atoms with Gasteiger partial charge in [0.2, 0.25) is 0 Å². The number of amides is 1. The molecule has 1 amide bonds. The lowest BCUT2D eigenvalue weighted by Gasteiger charge is -2.09. The molecule has 0 spiro atoms. The summed E-state index contributed by atoms with van der Waals surface area (Å²) in [6.45, 7) is 4.92. The van der Waals surface area contributed by atoms with Gasteiger partial charge in [-0.2, -0.15) is 5.10 Å². The van der Waals surface area contributed by atoms with E-state index in [1.807, 2.05) is 13.1 Å². The van der Waals surface area contributed by atoms with Gasteiger partial charge in [0.15, 0.2) is 5.75 Å². The van der Waals surface area contributed by atoms with Crippen LogP contribution < -0.4 is 10.1 Å². The summed E-state index contributed by atoms with van der Waals surface area (Å²) >= 11 is 3.44. The fourth-order valence-corrected chi connectivity index (χ4v) is 3.30. The normalized spacial score (nSPS) is 10.6. The van der Waals surface area contributed by atoms with Crippen LogP contribution in [0.1, 0.15) is 34.1 Å². The average Bonchev–Trinajstić information content (AvgIpc) is 3.11. The number of benzene rings is 2. The Balaban J connectivity index is 1.65. The summed E-state index contributed by atoms with van der Waals surface area (Å²) < 4.78 is 8.27. The number of hydrogen-bond acceptors (Lipinski definition) is 5. The lowest BCUT2D eigenvalue weighted by atomic mass is 10.1.